The zero-order valence-corrected chi connectivity index (χ0v) is 18.9. The van der Waals surface area contributed by atoms with E-state index in [4.69, 9.17) is 9.47 Å². The number of carbonyl (C=O) groups is 2. The third-order valence-electron chi connectivity index (χ3n) is 6.83. The molecule has 0 spiro atoms. The average Bonchev–Trinajstić information content (AvgIpc) is 3.45. The molecule has 0 bridgehead atoms. The second kappa shape index (κ2) is 9.63. The van der Waals surface area contributed by atoms with Crippen LogP contribution in [0.3, 0.4) is 0 Å². The van der Waals surface area contributed by atoms with E-state index in [2.05, 4.69) is 11.4 Å². The highest BCUT2D eigenvalue weighted by Gasteiger charge is 2.39. The van der Waals surface area contributed by atoms with Gasteiger partial charge in [-0.05, 0) is 55.9 Å². The van der Waals surface area contributed by atoms with Crippen LogP contribution in [0.4, 0.5) is 0 Å². The fourth-order valence-electron chi connectivity index (χ4n) is 5.14. The first-order valence-corrected chi connectivity index (χ1v) is 11.4. The largest absolute Gasteiger partial charge is 0.497 e. The highest BCUT2D eigenvalue weighted by molar-refractivity contribution is 5.80. The van der Waals surface area contributed by atoms with Crippen LogP contribution in [0, 0.1) is 0 Å². The molecule has 2 fully saturated rings. The molecule has 2 amide bonds. The van der Waals surface area contributed by atoms with Crippen molar-refractivity contribution in [3.8, 4) is 11.5 Å². The lowest BCUT2D eigenvalue weighted by Crippen LogP contribution is -2.45. The second-order valence-corrected chi connectivity index (χ2v) is 8.84. The molecule has 6 heteroatoms. The monoisotopic (exact) mass is 436 g/mol. The van der Waals surface area contributed by atoms with Crippen molar-refractivity contribution in [1.29, 1.82) is 0 Å². The number of benzene rings is 2. The van der Waals surface area contributed by atoms with Crippen LogP contribution in [0.25, 0.3) is 0 Å². The lowest BCUT2D eigenvalue weighted by Gasteiger charge is -2.31. The normalized spacial score (nSPS) is 22.6. The fourth-order valence-corrected chi connectivity index (χ4v) is 5.14. The highest BCUT2D eigenvalue weighted by Crippen LogP contribution is 2.38. The summed E-state index contributed by atoms with van der Waals surface area (Å²) in [6.07, 6.45) is 4.97. The number of hydrogen-bond donors (Lipinski definition) is 1. The molecule has 32 heavy (non-hydrogen) atoms. The number of rotatable bonds is 8. The van der Waals surface area contributed by atoms with Crippen LogP contribution >= 0.6 is 0 Å². The predicted molar refractivity (Wildman–Crippen MR) is 123 cm³/mol. The van der Waals surface area contributed by atoms with E-state index < -0.39 is 0 Å². The van der Waals surface area contributed by atoms with Crippen LogP contribution in [0.2, 0.25) is 0 Å². The van der Waals surface area contributed by atoms with Gasteiger partial charge in [0.15, 0.2) is 0 Å². The first-order chi connectivity index (χ1) is 15.5. The van der Waals surface area contributed by atoms with Crippen molar-refractivity contribution in [1.82, 2.24) is 10.2 Å². The summed E-state index contributed by atoms with van der Waals surface area (Å²) in [7, 11) is 3.32. The first-order valence-electron chi connectivity index (χ1n) is 11.4. The smallest absolute Gasteiger partial charge is 0.223 e. The maximum atomic E-state index is 13.3. The Morgan fingerprint density at radius 1 is 1.12 bits per heavy atom. The van der Waals surface area contributed by atoms with Crippen molar-refractivity contribution in [3.05, 3.63) is 59.7 Å². The maximum absolute atomic E-state index is 13.3. The minimum atomic E-state index is -0.374. The zero-order valence-electron chi connectivity index (χ0n) is 18.9. The molecular formula is C26H32N2O4. The average molecular weight is 437 g/mol. The summed E-state index contributed by atoms with van der Waals surface area (Å²) in [5, 5.41) is 3.19. The van der Waals surface area contributed by atoms with Gasteiger partial charge in [0.2, 0.25) is 11.8 Å². The minimum Gasteiger partial charge on any atom is -0.497 e. The van der Waals surface area contributed by atoms with Gasteiger partial charge in [0.05, 0.1) is 20.3 Å². The number of amides is 2. The van der Waals surface area contributed by atoms with E-state index in [0.29, 0.717) is 25.7 Å². The molecule has 0 saturated carbocycles. The van der Waals surface area contributed by atoms with E-state index in [-0.39, 0.29) is 23.4 Å². The first kappa shape index (κ1) is 22.2. The summed E-state index contributed by atoms with van der Waals surface area (Å²) in [4.78, 5) is 27.4. The van der Waals surface area contributed by atoms with Gasteiger partial charge in [0, 0.05) is 30.5 Å². The van der Waals surface area contributed by atoms with Crippen LogP contribution < -0.4 is 14.8 Å². The van der Waals surface area contributed by atoms with Gasteiger partial charge in [-0.3, -0.25) is 9.59 Å². The van der Waals surface area contributed by atoms with Gasteiger partial charge in [-0.25, -0.2) is 0 Å². The number of methoxy groups -OCH3 is 2. The molecule has 0 aliphatic carbocycles. The standard InChI is InChI=1S/C26H32N2O4/c1-31-20-11-9-19(10-12-20)18-26(15-13-24(29)27-26)16-14-25(30)28-17-5-7-22(28)21-6-3-4-8-23(21)32-2/h3-4,6,8-12,22H,5,7,13-18H2,1-2H3,(H,27,29). The molecule has 2 aliphatic heterocycles. The molecule has 4 rings (SSSR count). The van der Waals surface area contributed by atoms with Crippen LogP contribution in [0.1, 0.15) is 55.7 Å². The van der Waals surface area contributed by atoms with Gasteiger partial charge in [0.25, 0.3) is 0 Å². The molecule has 2 saturated heterocycles. The van der Waals surface area contributed by atoms with E-state index in [0.717, 1.165) is 48.4 Å². The summed E-state index contributed by atoms with van der Waals surface area (Å²) in [5.74, 6) is 1.86. The molecular weight excluding hydrogens is 404 g/mol. The number of ether oxygens (including phenoxy) is 2. The third-order valence-corrected chi connectivity index (χ3v) is 6.83. The molecule has 1 N–H and O–H groups in total. The predicted octanol–water partition coefficient (Wildman–Crippen LogP) is 4.04. The summed E-state index contributed by atoms with van der Waals surface area (Å²) in [5.41, 5.74) is 1.83. The Bertz CT molecular complexity index is 959. The summed E-state index contributed by atoms with van der Waals surface area (Å²) in [6, 6.07) is 15.9. The van der Waals surface area contributed by atoms with Crippen LogP contribution in [0.5, 0.6) is 11.5 Å². The van der Waals surface area contributed by atoms with E-state index >= 15 is 0 Å². The van der Waals surface area contributed by atoms with Crippen molar-refractivity contribution in [2.24, 2.45) is 0 Å². The van der Waals surface area contributed by atoms with E-state index in [9.17, 15) is 9.59 Å². The van der Waals surface area contributed by atoms with Crippen LogP contribution in [-0.2, 0) is 16.0 Å². The number of hydrogen-bond acceptors (Lipinski definition) is 4. The molecule has 2 aromatic carbocycles. The summed E-state index contributed by atoms with van der Waals surface area (Å²) >= 11 is 0. The minimum absolute atomic E-state index is 0.0503. The molecule has 2 aromatic rings. The van der Waals surface area contributed by atoms with Crippen molar-refractivity contribution < 1.29 is 19.1 Å². The SMILES string of the molecule is COc1ccc(CC2(CCC(=O)N3CCCC3c3ccccc3OC)CCC(=O)N2)cc1. The molecule has 2 unspecified atom stereocenters. The van der Waals surface area contributed by atoms with Crippen molar-refractivity contribution in [3.63, 3.8) is 0 Å². The molecule has 6 nitrogen and oxygen atoms in total. The Morgan fingerprint density at radius 3 is 2.59 bits per heavy atom. The van der Waals surface area contributed by atoms with Crippen LogP contribution in [0.15, 0.2) is 48.5 Å². The summed E-state index contributed by atoms with van der Waals surface area (Å²) < 4.78 is 10.8. The Hall–Kier alpha value is -3.02. The number of para-hydroxylation sites is 1. The lowest BCUT2D eigenvalue weighted by atomic mass is 9.84. The lowest BCUT2D eigenvalue weighted by molar-refractivity contribution is -0.132. The van der Waals surface area contributed by atoms with Crippen molar-refractivity contribution in [2.75, 3.05) is 20.8 Å². The molecule has 0 aromatic heterocycles. The number of nitrogens with zero attached hydrogens (tertiary/aromatic N) is 1. The Balaban J connectivity index is 1.45. The van der Waals surface area contributed by atoms with Gasteiger partial charge in [-0.2, -0.15) is 0 Å². The fraction of sp³-hybridized carbons (Fsp3) is 0.462. The van der Waals surface area contributed by atoms with Gasteiger partial charge in [-0.15, -0.1) is 0 Å². The molecule has 0 radical (unpaired) electrons. The van der Waals surface area contributed by atoms with E-state index in [1.165, 1.54) is 0 Å². The molecule has 2 heterocycles. The van der Waals surface area contributed by atoms with Crippen LogP contribution in [-0.4, -0.2) is 43.0 Å². The number of nitrogens with one attached hydrogen (secondary N) is 1. The highest BCUT2D eigenvalue weighted by atomic mass is 16.5. The van der Waals surface area contributed by atoms with E-state index in [1.54, 1.807) is 14.2 Å². The zero-order chi connectivity index (χ0) is 22.6. The molecule has 170 valence electrons. The number of carbonyl (C=O) groups excluding carboxylic acids is 2. The molecule has 2 aliphatic rings. The quantitative estimate of drug-likeness (QED) is 0.678. The van der Waals surface area contributed by atoms with E-state index in [1.807, 2.05) is 47.4 Å². The van der Waals surface area contributed by atoms with Gasteiger partial charge >= 0.3 is 0 Å². The second-order valence-electron chi connectivity index (χ2n) is 8.84. The number of likely N-dealkylation sites (tertiary alicyclic amines) is 1. The third kappa shape index (κ3) is 4.74. The van der Waals surface area contributed by atoms with Gasteiger partial charge < -0.3 is 19.7 Å². The Kier molecular flexibility index (Phi) is 6.68. The van der Waals surface area contributed by atoms with Gasteiger partial charge in [0.1, 0.15) is 11.5 Å². The van der Waals surface area contributed by atoms with Crippen molar-refractivity contribution >= 4 is 11.8 Å². The molecule has 2 atom stereocenters. The Morgan fingerprint density at radius 2 is 1.91 bits per heavy atom. The van der Waals surface area contributed by atoms with Gasteiger partial charge in [-0.1, -0.05) is 30.3 Å². The topological polar surface area (TPSA) is 67.9 Å². The Labute approximate surface area is 189 Å². The maximum Gasteiger partial charge on any atom is 0.223 e. The van der Waals surface area contributed by atoms with Crippen molar-refractivity contribution in [2.45, 2.75) is 56.5 Å². The summed E-state index contributed by atoms with van der Waals surface area (Å²) in [6.45, 7) is 0.763.